The fourth-order valence-electron chi connectivity index (χ4n) is 2.86. The SMILES string of the molecule is CC(C)(C)c1cc(-c2nnc(CNCc3ccccn3)o2)cc(C(C)(C)C)c1. The van der Waals surface area contributed by atoms with Gasteiger partial charge in [0.05, 0.1) is 12.2 Å². The van der Waals surface area contributed by atoms with E-state index in [0.717, 1.165) is 11.3 Å². The van der Waals surface area contributed by atoms with E-state index in [1.54, 1.807) is 6.20 Å². The summed E-state index contributed by atoms with van der Waals surface area (Å²) in [7, 11) is 0. The Hall–Kier alpha value is -2.53. The molecule has 0 amide bonds. The van der Waals surface area contributed by atoms with Crippen molar-refractivity contribution < 1.29 is 4.42 Å². The average molecular weight is 379 g/mol. The van der Waals surface area contributed by atoms with Crippen LogP contribution in [0.5, 0.6) is 0 Å². The van der Waals surface area contributed by atoms with Gasteiger partial charge in [0, 0.05) is 18.3 Å². The maximum atomic E-state index is 5.94. The molecule has 0 aliphatic heterocycles. The summed E-state index contributed by atoms with van der Waals surface area (Å²) in [4.78, 5) is 4.30. The summed E-state index contributed by atoms with van der Waals surface area (Å²) in [6.45, 7) is 14.5. The highest BCUT2D eigenvalue weighted by Crippen LogP contribution is 2.33. The van der Waals surface area contributed by atoms with Crippen molar-refractivity contribution in [3.63, 3.8) is 0 Å². The van der Waals surface area contributed by atoms with Crippen LogP contribution in [0.3, 0.4) is 0 Å². The van der Waals surface area contributed by atoms with Gasteiger partial charge in [-0.2, -0.15) is 0 Å². The molecular formula is C23H30N4O. The number of nitrogens with zero attached hydrogens (tertiary/aromatic N) is 3. The van der Waals surface area contributed by atoms with Crippen LogP contribution in [-0.2, 0) is 23.9 Å². The first-order valence-electron chi connectivity index (χ1n) is 9.72. The second-order valence-electron chi connectivity index (χ2n) is 9.22. The molecule has 5 nitrogen and oxygen atoms in total. The van der Waals surface area contributed by atoms with E-state index in [4.69, 9.17) is 4.42 Å². The zero-order valence-electron chi connectivity index (χ0n) is 17.7. The zero-order valence-corrected chi connectivity index (χ0v) is 17.7. The number of pyridine rings is 1. The van der Waals surface area contributed by atoms with Gasteiger partial charge in [0.1, 0.15) is 0 Å². The van der Waals surface area contributed by atoms with Crippen LogP contribution in [0.2, 0.25) is 0 Å². The minimum absolute atomic E-state index is 0.0447. The van der Waals surface area contributed by atoms with E-state index in [0.29, 0.717) is 24.9 Å². The molecule has 5 heteroatoms. The van der Waals surface area contributed by atoms with Crippen molar-refractivity contribution in [3.8, 4) is 11.5 Å². The summed E-state index contributed by atoms with van der Waals surface area (Å²) in [5.41, 5.74) is 4.58. The summed E-state index contributed by atoms with van der Waals surface area (Å²) in [5, 5.41) is 11.8. The molecule has 2 aromatic heterocycles. The van der Waals surface area contributed by atoms with Crippen LogP contribution < -0.4 is 5.32 Å². The second-order valence-corrected chi connectivity index (χ2v) is 9.22. The molecule has 0 spiro atoms. The molecule has 0 saturated carbocycles. The normalized spacial score (nSPS) is 12.4. The number of hydrogen-bond donors (Lipinski definition) is 1. The third kappa shape index (κ3) is 5.04. The van der Waals surface area contributed by atoms with E-state index in [-0.39, 0.29) is 10.8 Å². The highest BCUT2D eigenvalue weighted by atomic mass is 16.4. The Labute approximate surface area is 167 Å². The molecule has 0 aliphatic rings. The molecule has 3 aromatic rings. The van der Waals surface area contributed by atoms with Crippen LogP contribution in [0.15, 0.2) is 47.0 Å². The van der Waals surface area contributed by atoms with Crippen LogP contribution in [0.4, 0.5) is 0 Å². The number of rotatable bonds is 5. The Morgan fingerprint density at radius 1 is 0.857 bits per heavy atom. The lowest BCUT2D eigenvalue weighted by molar-refractivity contribution is 0.475. The molecule has 0 fully saturated rings. The topological polar surface area (TPSA) is 63.8 Å². The van der Waals surface area contributed by atoms with Crippen LogP contribution in [0.25, 0.3) is 11.5 Å². The van der Waals surface area contributed by atoms with Gasteiger partial charge in [-0.1, -0.05) is 53.7 Å². The molecule has 0 bridgehead atoms. The van der Waals surface area contributed by atoms with E-state index < -0.39 is 0 Å². The Kier molecular flexibility index (Phi) is 5.66. The first-order chi connectivity index (χ1) is 13.1. The molecule has 0 atom stereocenters. The van der Waals surface area contributed by atoms with E-state index in [1.165, 1.54) is 11.1 Å². The fraction of sp³-hybridized carbons (Fsp3) is 0.435. The van der Waals surface area contributed by atoms with Crippen molar-refractivity contribution in [2.24, 2.45) is 0 Å². The Balaban J connectivity index is 1.80. The molecule has 1 N–H and O–H groups in total. The first kappa shape index (κ1) is 20.2. The van der Waals surface area contributed by atoms with Crippen molar-refractivity contribution in [1.82, 2.24) is 20.5 Å². The molecule has 28 heavy (non-hydrogen) atoms. The average Bonchev–Trinajstić information content (AvgIpc) is 3.10. The summed E-state index contributed by atoms with van der Waals surface area (Å²) >= 11 is 0. The Morgan fingerprint density at radius 3 is 2.11 bits per heavy atom. The van der Waals surface area contributed by atoms with Crippen molar-refractivity contribution >= 4 is 0 Å². The number of benzene rings is 1. The monoisotopic (exact) mass is 378 g/mol. The standard InChI is InChI=1S/C23H30N4O/c1-22(2,3)17-11-16(12-18(13-17)23(4,5)6)21-27-26-20(28-21)15-24-14-19-9-7-8-10-25-19/h7-13,24H,14-15H2,1-6H3. The van der Waals surface area contributed by atoms with Gasteiger partial charge in [-0.05, 0) is 46.2 Å². The van der Waals surface area contributed by atoms with E-state index in [9.17, 15) is 0 Å². The van der Waals surface area contributed by atoms with E-state index in [2.05, 4.69) is 80.2 Å². The molecule has 3 rings (SSSR count). The van der Waals surface area contributed by atoms with Crippen LogP contribution >= 0.6 is 0 Å². The second kappa shape index (κ2) is 7.84. The fourth-order valence-corrected chi connectivity index (χ4v) is 2.86. The van der Waals surface area contributed by atoms with Crippen LogP contribution in [-0.4, -0.2) is 15.2 Å². The minimum Gasteiger partial charge on any atom is -0.419 e. The van der Waals surface area contributed by atoms with Crippen LogP contribution in [0.1, 0.15) is 64.3 Å². The van der Waals surface area contributed by atoms with Gasteiger partial charge in [0.2, 0.25) is 11.8 Å². The van der Waals surface area contributed by atoms with E-state index in [1.807, 2.05) is 18.2 Å². The Morgan fingerprint density at radius 2 is 1.54 bits per heavy atom. The van der Waals surface area contributed by atoms with Gasteiger partial charge in [0.25, 0.3) is 0 Å². The number of nitrogens with one attached hydrogen (secondary N) is 1. The molecule has 0 aliphatic carbocycles. The summed E-state index contributed by atoms with van der Waals surface area (Å²) in [6, 6.07) is 12.5. The Bertz CT molecular complexity index is 886. The molecule has 148 valence electrons. The molecule has 0 saturated heterocycles. The minimum atomic E-state index is 0.0447. The van der Waals surface area contributed by atoms with Crippen molar-refractivity contribution in [2.45, 2.75) is 65.5 Å². The molecular weight excluding hydrogens is 348 g/mol. The summed E-state index contributed by atoms with van der Waals surface area (Å²) in [5.74, 6) is 1.13. The third-order valence-corrected chi connectivity index (χ3v) is 4.69. The van der Waals surface area contributed by atoms with Crippen molar-refractivity contribution in [3.05, 3.63) is 65.3 Å². The van der Waals surface area contributed by atoms with E-state index >= 15 is 0 Å². The highest BCUT2D eigenvalue weighted by Gasteiger charge is 2.22. The quantitative estimate of drug-likeness (QED) is 0.675. The molecule has 1 aromatic carbocycles. The summed E-state index contributed by atoms with van der Waals surface area (Å²) < 4.78 is 5.94. The van der Waals surface area contributed by atoms with Gasteiger partial charge in [0.15, 0.2) is 0 Å². The van der Waals surface area contributed by atoms with Gasteiger partial charge < -0.3 is 9.73 Å². The zero-order chi connectivity index (χ0) is 20.4. The van der Waals surface area contributed by atoms with Crippen molar-refractivity contribution in [2.75, 3.05) is 0 Å². The third-order valence-electron chi connectivity index (χ3n) is 4.69. The number of hydrogen-bond acceptors (Lipinski definition) is 5. The highest BCUT2D eigenvalue weighted by molar-refractivity contribution is 5.57. The van der Waals surface area contributed by atoms with Gasteiger partial charge >= 0.3 is 0 Å². The predicted molar refractivity (Wildman–Crippen MR) is 112 cm³/mol. The van der Waals surface area contributed by atoms with Gasteiger partial charge in [-0.3, -0.25) is 4.98 Å². The van der Waals surface area contributed by atoms with Gasteiger partial charge in [-0.25, -0.2) is 0 Å². The maximum absolute atomic E-state index is 5.94. The lowest BCUT2D eigenvalue weighted by Crippen LogP contribution is -2.16. The van der Waals surface area contributed by atoms with Gasteiger partial charge in [-0.15, -0.1) is 10.2 Å². The maximum Gasteiger partial charge on any atom is 0.247 e. The smallest absolute Gasteiger partial charge is 0.247 e. The lowest BCUT2D eigenvalue weighted by Gasteiger charge is -2.25. The molecule has 0 unspecified atom stereocenters. The number of aromatic nitrogens is 3. The largest absolute Gasteiger partial charge is 0.419 e. The van der Waals surface area contributed by atoms with Crippen molar-refractivity contribution in [1.29, 1.82) is 0 Å². The lowest BCUT2D eigenvalue weighted by atomic mass is 9.79. The predicted octanol–water partition coefficient (Wildman–Crippen LogP) is 5.02. The molecule has 2 heterocycles. The summed E-state index contributed by atoms with van der Waals surface area (Å²) in [6.07, 6.45) is 1.79. The van der Waals surface area contributed by atoms with Crippen LogP contribution in [0, 0.1) is 0 Å². The molecule has 0 radical (unpaired) electrons. The first-order valence-corrected chi connectivity index (χ1v) is 9.72.